The summed E-state index contributed by atoms with van der Waals surface area (Å²) in [5, 5.41) is 4.97. The van der Waals surface area contributed by atoms with Gasteiger partial charge in [0.05, 0.1) is 12.2 Å². The number of nitrogens with zero attached hydrogens (tertiary/aromatic N) is 2. The molecule has 2 aromatic rings. The lowest BCUT2D eigenvalue weighted by Crippen LogP contribution is -2.52. The minimum absolute atomic E-state index is 0.194. The Kier molecular flexibility index (Phi) is 6.87. The molecule has 0 radical (unpaired) electrons. The van der Waals surface area contributed by atoms with Crippen molar-refractivity contribution in [3.63, 3.8) is 0 Å². The Hall–Kier alpha value is -4.52. The van der Waals surface area contributed by atoms with Crippen LogP contribution >= 0.6 is 0 Å². The number of rotatable bonds is 5. The van der Waals surface area contributed by atoms with E-state index in [4.69, 9.17) is 4.74 Å². The van der Waals surface area contributed by atoms with E-state index < -0.39 is 23.8 Å². The van der Waals surface area contributed by atoms with Crippen LogP contribution in [0.25, 0.3) is 0 Å². The summed E-state index contributed by atoms with van der Waals surface area (Å²) in [6.07, 6.45) is 1.83. The topological polar surface area (TPSA) is 135 Å². The Morgan fingerprint density at radius 3 is 2.77 bits per heavy atom. The van der Waals surface area contributed by atoms with Crippen molar-refractivity contribution >= 4 is 29.6 Å². The predicted molar refractivity (Wildman–Crippen MR) is 121 cm³/mol. The number of piperidine rings is 1. The first-order valence-electron chi connectivity index (χ1n) is 11.0. The number of nitrogens with one attached hydrogen (secondary N) is 2. The van der Waals surface area contributed by atoms with Gasteiger partial charge in [0.1, 0.15) is 11.7 Å². The number of hydrogen-bond donors (Lipinski definition) is 2. The maximum absolute atomic E-state index is 12.8. The summed E-state index contributed by atoms with van der Waals surface area (Å²) in [6, 6.07) is 7.59. The lowest BCUT2D eigenvalue weighted by atomic mass is 10.0. The van der Waals surface area contributed by atoms with E-state index in [1.807, 2.05) is 6.07 Å². The van der Waals surface area contributed by atoms with E-state index in [9.17, 15) is 24.0 Å². The number of pyridine rings is 1. The first kappa shape index (κ1) is 23.6. The molecule has 2 aliphatic rings. The Morgan fingerprint density at radius 2 is 2.06 bits per heavy atom. The van der Waals surface area contributed by atoms with Crippen LogP contribution in [0, 0.1) is 11.8 Å². The van der Waals surface area contributed by atoms with Crippen LogP contribution in [0.2, 0.25) is 0 Å². The van der Waals surface area contributed by atoms with Gasteiger partial charge in [-0.1, -0.05) is 12.1 Å². The number of esters is 1. The lowest BCUT2D eigenvalue weighted by molar-refractivity contribution is -0.137. The zero-order chi connectivity index (χ0) is 24.9. The molecule has 178 valence electrons. The van der Waals surface area contributed by atoms with Gasteiger partial charge in [-0.15, -0.1) is 0 Å². The van der Waals surface area contributed by atoms with E-state index in [-0.39, 0.29) is 37.9 Å². The SMILES string of the molecule is CCOC(=O)c1ccc(C#CC(=O)NCc2ccc3c(c2)CN(C2CCC(=O)NC2=O)C3=O)nc1. The maximum atomic E-state index is 12.8. The van der Waals surface area contributed by atoms with Gasteiger partial charge >= 0.3 is 5.97 Å². The van der Waals surface area contributed by atoms with E-state index in [1.165, 1.54) is 23.2 Å². The molecule has 2 aliphatic heterocycles. The Balaban J connectivity index is 1.34. The highest BCUT2D eigenvalue weighted by Crippen LogP contribution is 2.28. The quantitative estimate of drug-likeness (QED) is 0.370. The number of hydrogen-bond acceptors (Lipinski definition) is 7. The summed E-state index contributed by atoms with van der Waals surface area (Å²) in [5.41, 5.74) is 2.66. The molecular weight excluding hydrogens is 452 g/mol. The van der Waals surface area contributed by atoms with Crippen molar-refractivity contribution in [1.29, 1.82) is 0 Å². The van der Waals surface area contributed by atoms with Crippen LogP contribution in [0.4, 0.5) is 0 Å². The Bertz CT molecular complexity index is 1280. The smallest absolute Gasteiger partial charge is 0.339 e. The number of benzene rings is 1. The van der Waals surface area contributed by atoms with Gasteiger partial charge in [-0.25, -0.2) is 9.78 Å². The van der Waals surface area contributed by atoms with Gasteiger partial charge in [0, 0.05) is 37.2 Å². The summed E-state index contributed by atoms with van der Waals surface area (Å²) in [4.78, 5) is 65.6. The Morgan fingerprint density at radius 1 is 1.23 bits per heavy atom. The summed E-state index contributed by atoms with van der Waals surface area (Å²) >= 11 is 0. The summed E-state index contributed by atoms with van der Waals surface area (Å²) in [5.74, 6) is 3.05. The van der Waals surface area contributed by atoms with Crippen LogP contribution in [0.1, 0.15) is 57.3 Å². The molecule has 3 heterocycles. The van der Waals surface area contributed by atoms with Crippen LogP contribution in [0.3, 0.4) is 0 Å². The monoisotopic (exact) mass is 474 g/mol. The average molecular weight is 474 g/mol. The molecule has 1 saturated heterocycles. The van der Waals surface area contributed by atoms with Crippen LogP contribution in [-0.2, 0) is 32.2 Å². The number of carbonyl (C=O) groups is 5. The van der Waals surface area contributed by atoms with E-state index in [1.54, 1.807) is 19.1 Å². The fourth-order valence-electron chi connectivity index (χ4n) is 3.89. The molecule has 1 aromatic carbocycles. The minimum atomic E-state index is -0.675. The van der Waals surface area contributed by atoms with Crippen LogP contribution in [0.15, 0.2) is 36.5 Å². The highest BCUT2D eigenvalue weighted by Gasteiger charge is 2.39. The van der Waals surface area contributed by atoms with Gasteiger partial charge < -0.3 is 15.0 Å². The van der Waals surface area contributed by atoms with Gasteiger partial charge in [-0.3, -0.25) is 24.5 Å². The summed E-state index contributed by atoms with van der Waals surface area (Å²) < 4.78 is 4.89. The van der Waals surface area contributed by atoms with E-state index in [0.29, 0.717) is 23.2 Å². The zero-order valence-corrected chi connectivity index (χ0v) is 18.9. The highest BCUT2D eigenvalue weighted by atomic mass is 16.5. The van der Waals surface area contributed by atoms with E-state index in [0.717, 1.165) is 11.1 Å². The second-order valence-corrected chi connectivity index (χ2v) is 7.98. The fraction of sp³-hybridized carbons (Fsp3) is 0.280. The van der Waals surface area contributed by atoms with Crippen molar-refractivity contribution in [2.24, 2.45) is 0 Å². The third-order valence-corrected chi connectivity index (χ3v) is 5.62. The molecule has 0 saturated carbocycles. The molecule has 1 fully saturated rings. The van der Waals surface area contributed by atoms with Crippen molar-refractivity contribution in [3.05, 3.63) is 64.5 Å². The highest BCUT2D eigenvalue weighted by molar-refractivity contribution is 6.05. The van der Waals surface area contributed by atoms with Crippen molar-refractivity contribution in [1.82, 2.24) is 20.5 Å². The van der Waals surface area contributed by atoms with Crippen LogP contribution < -0.4 is 10.6 Å². The summed E-state index contributed by atoms with van der Waals surface area (Å²) in [7, 11) is 0. The summed E-state index contributed by atoms with van der Waals surface area (Å²) in [6.45, 7) is 2.43. The second kappa shape index (κ2) is 10.2. The standard InChI is InChI=1S/C25H22N4O6/c1-2-35-25(34)16-4-5-18(26-13-16)6-9-21(30)27-12-15-3-7-19-17(11-15)14-29(24(19)33)20-8-10-22(31)28-23(20)32/h3-5,7,11,13,20H,2,8,10,12,14H2,1H3,(H,27,30)(H,28,31,32). The maximum Gasteiger partial charge on any atom is 0.339 e. The van der Waals surface area contributed by atoms with Gasteiger partial charge in [0.2, 0.25) is 11.8 Å². The molecule has 35 heavy (non-hydrogen) atoms. The normalized spacial score (nSPS) is 16.7. The molecule has 0 bridgehead atoms. The molecule has 0 aliphatic carbocycles. The van der Waals surface area contributed by atoms with Crippen molar-refractivity contribution in [2.45, 2.75) is 38.9 Å². The first-order chi connectivity index (χ1) is 16.9. The lowest BCUT2D eigenvalue weighted by Gasteiger charge is -2.29. The number of fused-ring (bicyclic) bond motifs is 1. The molecule has 1 atom stereocenters. The number of amides is 4. The van der Waals surface area contributed by atoms with Crippen molar-refractivity contribution in [2.75, 3.05) is 6.61 Å². The van der Waals surface area contributed by atoms with Crippen LogP contribution in [0.5, 0.6) is 0 Å². The largest absolute Gasteiger partial charge is 0.462 e. The third kappa shape index (κ3) is 5.35. The zero-order valence-electron chi connectivity index (χ0n) is 18.9. The fourth-order valence-corrected chi connectivity index (χ4v) is 3.89. The molecule has 1 aromatic heterocycles. The molecule has 2 N–H and O–H groups in total. The number of carbonyl (C=O) groups excluding carboxylic acids is 5. The average Bonchev–Trinajstić information content (AvgIpc) is 3.17. The molecular formula is C25H22N4O6. The second-order valence-electron chi connectivity index (χ2n) is 7.98. The number of ether oxygens (including phenoxy) is 1. The number of aromatic nitrogens is 1. The van der Waals surface area contributed by atoms with Crippen molar-refractivity contribution < 1.29 is 28.7 Å². The first-order valence-corrected chi connectivity index (χ1v) is 11.0. The molecule has 10 nitrogen and oxygen atoms in total. The van der Waals surface area contributed by atoms with Gasteiger partial charge in [-0.2, -0.15) is 0 Å². The van der Waals surface area contributed by atoms with E-state index >= 15 is 0 Å². The van der Waals surface area contributed by atoms with Gasteiger partial charge in [0.15, 0.2) is 0 Å². The minimum Gasteiger partial charge on any atom is -0.462 e. The molecule has 0 spiro atoms. The van der Waals surface area contributed by atoms with E-state index in [2.05, 4.69) is 27.5 Å². The molecule has 1 unspecified atom stereocenters. The molecule has 10 heteroatoms. The molecule has 4 rings (SSSR count). The Labute approximate surface area is 201 Å². The van der Waals surface area contributed by atoms with Crippen LogP contribution in [-0.4, -0.2) is 52.1 Å². The van der Waals surface area contributed by atoms with Gasteiger partial charge in [-0.05, 0) is 48.6 Å². The third-order valence-electron chi connectivity index (χ3n) is 5.62. The number of imide groups is 1. The molecule has 4 amide bonds. The predicted octanol–water partition coefficient (Wildman–Crippen LogP) is 0.687. The van der Waals surface area contributed by atoms with Crippen molar-refractivity contribution in [3.8, 4) is 11.8 Å². The van der Waals surface area contributed by atoms with Gasteiger partial charge in [0.25, 0.3) is 11.8 Å².